The van der Waals surface area contributed by atoms with E-state index >= 15 is 0 Å². The molecule has 0 aliphatic heterocycles. The van der Waals surface area contributed by atoms with Gasteiger partial charge in [0, 0.05) is 18.7 Å². The molecule has 0 amide bonds. The Balaban J connectivity index is 1.88. The molecule has 0 bridgehead atoms. The van der Waals surface area contributed by atoms with Gasteiger partial charge in [-0.1, -0.05) is 0 Å². The van der Waals surface area contributed by atoms with Gasteiger partial charge in [0.15, 0.2) is 0 Å². The molecule has 0 aromatic heterocycles. The molecule has 1 aromatic carbocycles. The second-order valence-electron chi connectivity index (χ2n) is 4.19. The predicted molar refractivity (Wildman–Crippen MR) is 65.2 cm³/mol. The van der Waals surface area contributed by atoms with Crippen molar-refractivity contribution in [1.29, 1.82) is 0 Å². The van der Waals surface area contributed by atoms with Gasteiger partial charge in [-0.3, -0.25) is 0 Å². The quantitative estimate of drug-likeness (QED) is 0.899. The Hall–Kier alpha value is -0.610. The lowest BCUT2D eigenvalue weighted by Gasteiger charge is -2.16. The van der Waals surface area contributed by atoms with Crippen LogP contribution < -0.4 is 10.1 Å². The maximum Gasteiger partial charge on any atom is 0.136 e. The van der Waals surface area contributed by atoms with E-state index in [0.717, 1.165) is 11.0 Å². The summed E-state index contributed by atoms with van der Waals surface area (Å²) in [6.07, 6.45) is 2.56. The summed E-state index contributed by atoms with van der Waals surface area (Å²) in [6, 6.07) is 5.13. The normalized spacial score (nSPS) is 17.2. The zero-order valence-electron chi connectivity index (χ0n) is 9.17. The third kappa shape index (κ3) is 3.46. The fraction of sp³-hybridized carbons (Fsp3) is 0.500. The molecule has 0 heterocycles. The van der Waals surface area contributed by atoms with Gasteiger partial charge in [0.25, 0.3) is 0 Å². The van der Waals surface area contributed by atoms with Crippen molar-refractivity contribution in [2.75, 3.05) is 6.54 Å². The smallest absolute Gasteiger partial charge is 0.136 e. The first-order valence-electron chi connectivity index (χ1n) is 5.50. The Bertz CT molecular complexity index is 368. The molecule has 1 aromatic rings. The SMILES string of the molecule is CC(CNC1CC1)Oc1cc(F)ccc1Br. The van der Waals surface area contributed by atoms with Gasteiger partial charge in [0.2, 0.25) is 0 Å². The highest BCUT2D eigenvalue weighted by Gasteiger charge is 2.21. The van der Waals surface area contributed by atoms with E-state index in [1.54, 1.807) is 6.07 Å². The molecule has 1 fully saturated rings. The topological polar surface area (TPSA) is 21.3 Å². The van der Waals surface area contributed by atoms with Gasteiger partial charge in [-0.25, -0.2) is 4.39 Å². The molecule has 0 spiro atoms. The molecule has 88 valence electrons. The molecule has 2 rings (SSSR count). The van der Waals surface area contributed by atoms with E-state index in [9.17, 15) is 4.39 Å². The van der Waals surface area contributed by atoms with Crippen molar-refractivity contribution in [2.45, 2.75) is 31.9 Å². The Kier molecular flexibility index (Phi) is 3.82. The lowest BCUT2D eigenvalue weighted by atomic mass is 10.3. The molecule has 1 N–H and O–H groups in total. The molecule has 0 radical (unpaired) electrons. The minimum Gasteiger partial charge on any atom is -0.488 e. The fourth-order valence-corrected chi connectivity index (χ4v) is 1.79. The van der Waals surface area contributed by atoms with E-state index in [1.165, 1.54) is 25.0 Å². The van der Waals surface area contributed by atoms with Crippen LogP contribution in [-0.4, -0.2) is 18.7 Å². The van der Waals surface area contributed by atoms with Crippen molar-refractivity contribution in [3.63, 3.8) is 0 Å². The first kappa shape index (κ1) is 11.9. The Morgan fingerprint density at radius 3 is 3.00 bits per heavy atom. The number of hydrogen-bond donors (Lipinski definition) is 1. The van der Waals surface area contributed by atoms with Crippen LogP contribution in [-0.2, 0) is 0 Å². The van der Waals surface area contributed by atoms with Crippen LogP contribution in [0.1, 0.15) is 19.8 Å². The van der Waals surface area contributed by atoms with Gasteiger partial charge in [-0.05, 0) is 47.8 Å². The van der Waals surface area contributed by atoms with Crippen molar-refractivity contribution < 1.29 is 9.13 Å². The van der Waals surface area contributed by atoms with Crippen LogP contribution in [0.15, 0.2) is 22.7 Å². The Morgan fingerprint density at radius 2 is 2.31 bits per heavy atom. The number of nitrogens with one attached hydrogen (secondary N) is 1. The minimum atomic E-state index is -0.277. The Labute approximate surface area is 103 Å². The minimum absolute atomic E-state index is 0.0405. The van der Waals surface area contributed by atoms with Crippen LogP contribution in [0.3, 0.4) is 0 Å². The third-order valence-corrected chi connectivity index (χ3v) is 3.15. The fourth-order valence-electron chi connectivity index (χ4n) is 1.45. The standard InChI is InChI=1S/C12H15BrFNO/c1-8(7-15-10-3-4-10)16-12-6-9(14)2-5-11(12)13/h2,5-6,8,10,15H,3-4,7H2,1H3. The van der Waals surface area contributed by atoms with E-state index in [1.807, 2.05) is 6.92 Å². The highest BCUT2D eigenvalue weighted by atomic mass is 79.9. The molecule has 0 saturated heterocycles. The van der Waals surface area contributed by atoms with Gasteiger partial charge in [-0.15, -0.1) is 0 Å². The van der Waals surface area contributed by atoms with Crippen molar-refractivity contribution in [1.82, 2.24) is 5.32 Å². The monoisotopic (exact) mass is 287 g/mol. The number of hydrogen-bond acceptors (Lipinski definition) is 2. The van der Waals surface area contributed by atoms with E-state index in [4.69, 9.17) is 4.74 Å². The van der Waals surface area contributed by atoms with E-state index < -0.39 is 0 Å². The predicted octanol–water partition coefficient (Wildman–Crippen LogP) is 3.11. The molecule has 1 saturated carbocycles. The summed E-state index contributed by atoms with van der Waals surface area (Å²) in [5.41, 5.74) is 0. The van der Waals surface area contributed by atoms with Gasteiger partial charge in [0.05, 0.1) is 4.47 Å². The van der Waals surface area contributed by atoms with Crippen LogP contribution in [0, 0.1) is 5.82 Å². The molecule has 16 heavy (non-hydrogen) atoms. The number of halogens is 2. The molecule has 1 aliphatic carbocycles. The summed E-state index contributed by atoms with van der Waals surface area (Å²) in [6.45, 7) is 2.78. The summed E-state index contributed by atoms with van der Waals surface area (Å²) in [5.74, 6) is 0.283. The second-order valence-corrected chi connectivity index (χ2v) is 5.04. The summed E-state index contributed by atoms with van der Waals surface area (Å²) in [5, 5.41) is 3.38. The maximum atomic E-state index is 13.0. The molecule has 1 aliphatic rings. The van der Waals surface area contributed by atoms with Crippen molar-refractivity contribution >= 4 is 15.9 Å². The van der Waals surface area contributed by atoms with E-state index in [0.29, 0.717) is 11.8 Å². The summed E-state index contributed by atoms with van der Waals surface area (Å²) in [4.78, 5) is 0. The van der Waals surface area contributed by atoms with Crippen molar-refractivity contribution in [2.24, 2.45) is 0 Å². The average Bonchev–Trinajstić information content (AvgIpc) is 3.04. The van der Waals surface area contributed by atoms with E-state index in [2.05, 4.69) is 21.2 Å². The second kappa shape index (κ2) is 5.15. The molecular formula is C12H15BrFNO. The number of benzene rings is 1. The molecule has 4 heteroatoms. The molecular weight excluding hydrogens is 273 g/mol. The Morgan fingerprint density at radius 1 is 1.56 bits per heavy atom. The van der Waals surface area contributed by atoms with Crippen LogP contribution in [0.5, 0.6) is 5.75 Å². The largest absolute Gasteiger partial charge is 0.488 e. The molecule has 1 atom stereocenters. The highest BCUT2D eigenvalue weighted by Crippen LogP contribution is 2.26. The zero-order chi connectivity index (χ0) is 11.5. The molecule has 2 nitrogen and oxygen atoms in total. The van der Waals surface area contributed by atoms with Gasteiger partial charge < -0.3 is 10.1 Å². The van der Waals surface area contributed by atoms with Gasteiger partial charge in [0.1, 0.15) is 17.7 Å². The van der Waals surface area contributed by atoms with Crippen LogP contribution in [0.4, 0.5) is 4.39 Å². The summed E-state index contributed by atoms with van der Waals surface area (Å²) >= 11 is 3.34. The summed E-state index contributed by atoms with van der Waals surface area (Å²) in [7, 11) is 0. The number of ether oxygens (including phenoxy) is 1. The van der Waals surface area contributed by atoms with Crippen molar-refractivity contribution in [3.05, 3.63) is 28.5 Å². The lowest BCUT2D eigenvalue weighted by Crippen LogP contribution is -2.30. The lowest BCUT2D eigenvalue weighted by molar-refractivity contribution is 0.214. The van der Waals surface area contributed by atoms with Gasteiger partial charge >= 0.3 is 0 Å². The zero-order valence-corrected chi connectivity index (χ0v) is 10.8. The van der Waals surface area contributed by atoms with Crippen LogP contribution >= 0.6 is 15.9 Å². The third-order valence-electron chi connectivity index (χ3n) is 2.49. The van der Waals surface area contributed by atoms with Crippen molar-refractivity contribution in [3.8, 4) is 5.75 Å². The molecule has 1 unspecified atom stereocenters. The first-order valence-corrected chi connectivity index (χ1v) is 6.29. The maximum absolute atomic E-state index is 13.0. The number of rotatable bonds is 5. The van der Waals surface area contributed by atoms with E-state index in [-0.39, 0.29) is 11.9 Å². The van der Waals surface area contributed by atoms with Crippen LogP contribution in [0.2, 0.25) is 0 Å². The first-order chi connectivity index (χ1) is 7.65. The van der Waals surface area contributed by atoms with Gasteiger partial charge in [-0.2, -0.15) is 0 Å². The summed E-state index contributed by atoms with van der Waals surface area (Å²) < 4.78 is 19.4. The average molecular weight is 288 g/mol. The highest BCUT2D eigenvalue weighted by molar-refractivity contribution is 9.10. The van der Waals surface area contributed by atoms with Crippen LogP contribution in [0.25, 0.3) is 0 Å².